The van der Waals surface area contributed by atoms with Crippen LogP contribution in [0.25, 0.3) is 0 Å². The van der Waals surface area contributed by atoms with Crippen molar-refractivity contribution in [3.8, 4) is 0 Å². The number of carbonyl (C=O) groups excluding carboxylic acids is 4. The van der Waals surface area contributed by atoms with Crippen LogP contribution in [0.15, 0.2) is 0 Å². The van der Waals surface area contributed by atoms with Crippen LogP contribution in [-0.2, 0) is 65.4 Å². The summed E-state index contributed by atoms with van der Waals surface area (Å²) in [4.78, 5) is 73.4. The predicted octanol–water partition coefficient (Wildman–Crippen LogP) is 28.0. The van der Waals surface area contributed by atoms with Gasteiger partial charge in [-0.2, -0.15) is 0 Å². The van der Waals surface area contributed by atoms with Crippen molar-refractivity contribution in [2.45, 2.75) is 503 Å². The lowest BCUT2D eigenvalue weighted by Gasteiger charge is -2.21. The van der Waals surface area contributed by atoms with E-state index in [1.807, 2.05) is 0 Å². The number of ether oxygens (including phenoxy) is 4. The number of phosphoric ester groups is 2. The molecule has 110 heavy (non-hydrogen) atoms. The summed E-state index contributed by atoms with van der Waals surface area (Å²) in [5.74, 6) is 0.311. The van der Waals surface area contributed by atoms with Crippen molar-refractivity contribution in [1.29, 1.82) is 0 Å². The van der Waals surface area contributed by atoms with Gasteiger partial charge in [-0.15, -0.1) is 0 Å². The molecule has 0 radical (unpaired) electrons. The van der Waals surface area contributed by atoms with Gasteiger partial charge in [-0.1, -0.05) is 434 Å². The SMILES string of the molecule is CCCCCCCCCCCCCCCCCCCCCC(=O)OC[C@H](COP(=O)(O)OC[C@@H](O)COP(=O)(O)OC[C@@H](COC(=O)CCCCCCCCCCCC(C)C)OC(=O)CCCCCCCCCCCCCCCCC(C)C)OC(=O)CCCCCCCCCCCCCCCCCCCCC(C)CC. The maximum absolute atomic E-state index is 13.2. The third-order valence-corrected chi connectivity index (χ3v) is 23.6. The lowest BCUT2D eigenvalue weighted by molar-refractivity contribution is -0.161. The number of aliphatic hydroxyl groups excluding tert-OH is 1. The minimum Gasteiger partial charge on any atom is -0.462 e. The van der Waals surface area contributed by atoms with E-state index in [0.29, 0.717) is 25.7 Å². The van der Waals surface area contributed by atoms with E-state index in [-0.39, 0.29) is 25.7 Å². The molecule has 0 aliphatic rings. The van der Waals surface area contributed by atoms with E-state index < -0.39 is 97.5 Å². The summed E-state index contributed by atoms with van der Waals surface area (Å²) in [7, 11) is -9.94. The standard InChI is InChI=1S/C91H178O17P2/c1-8-10-11-12-13-14-15-16-17-18-19-23-26-32-37-44-51-58-65-72-88(93)101-78-86(107-90(95)74-67-60-53-45-38-33-27-24-21-20-22-25-31-36-43-50-57-64-71-84(7)9-2)80-105-109(97,98)103-76-85(92)77-104-110(99,100)106-81-87(79-102-89(94)73-66-59-52-47-40-42-49-56-63-70-83(5)6)108-91(96)75-68-61-54-46-39-34-29-28-30-35-41-48-55-62-69-82(3)4/h82-87,92H,8-81H2,1-7H3,(H,97,98)(H,99,100)/t84?,85-,86-,87-/m1/s1. The fourth-order valence-electron chi connectivity index (χ4n) is 14.2. The molecule has 0 amide bonds. The van der Waals surface area contributed by atoms with E-state index in [4.69, 9.17) is 37.0 Å². The zero-order valence-corrected chi connectivity index (χ0v) is 74.5. The van der Waals surface area contributed by atoms with Crippen molar-refractivity contribution in [3.63, 3.8) is 0 Å². The summed E-state index contributed by atoms with van der Waals surface area (Å²) >= 11 is 0. The largest absolute Gasteiger partial charge is 0.472 e. The summed E-state index contributed by atoms with van der Waals surface area (Å²) in [5.41, 5.74) is 0. The van der Waals surface area contributed by atoms with Crippen LogP contribution < -0.4 is 0 Å². The van der Waals surface area contributed by atoms with Gasteiger partial charge in [-0.25, -0.2) is 9.13 Å². The average molecular weight is 1610 g/mol. The van der Waals surface area contributed by atoms with Crippen molar-refractivity contribution in [2.75, 3.05) is 39.6 Å². The quantitative estimate of drug-likeness (QED) is 0.0222. The topological polar surface area (TPSA) is 237 Å². The molecule has 0 saturated carbocycles. The second kappa shape index (κ2) is 80.8. The van der Waals surface area contributed by atoms with Gasteiger partial charge in [0.1, 0.15) is 19.3 Å². The number of hydrogen-bond acceptors (Lipinski definition) is 15. The summed E-state index contributed by atoms with van der Waals surface area (Å²) in [6, 6.07) is 0. The lowest BCUT2D eigenvalue weighted by Crippen LogP contribution is -2.30. The Morgan fingerprint density at radius 1 is 0.264 bits per heavy atom. The molecule has 0 aliphatic heterocycles. The second-order valence-corrected chi connectivity index (χ2v) is 36.8. The Bertz CT molecular complexity index is 2120. The maximum atomic E-state index is 13.2. The molecule has 0 fully saturated rings. The van der Waals surface area contributed by atoms with E-state index in [0.717, 1.165) is 108 Å². The number of rotatable bonds is 89. The van der Waals surface area contributed by atoms with Gasteiger partial charge < -0.3 is 33.8 Å². The Labute approximate surface area is 677 Å². The molecule has 0 rings (SSSR count). The molecule has 17 nitrogen and oxygen atoms in total. The number of aliphatic hydroxyl groups is 1. The minimum absolute atomic E-state index is 0.107. The summed E-state index contributed by atoms with van der Waals surface area (Å²) in [6.45, 7) is 12.1. The highest BCUT2D eigenvalue weighted by Gasteiger charge is 2.31. The van der Waals surface area contributed by atoms with Crippen molar-refractivity contribution in [3.05, 3.63) is 0 Å². The molecule has 6 atom stereocenters. The van der Waals surface area contributed by atoms with Crippen molar-refractivity contribution in [2.24, 2.45) is 17.8 Å². The molecular weight excluding hydrogens is 1430 g/mol. The van der Waals surface area contributed by atoms with Crippen LogP contribution in [0, 0.1) is 17.8 Å². The van der Waals surface area contributed by atoms with Crippen LogP contribution >= 0.6 is 15.6 Å². The fraction of sp³-hybridized carbons (Fsp3) is 0.956. The summed E-state index contributed by atoms with van der Waals surface area (Å²) < 4.78 is 69.1. The lowest BCUT2D eigenvalue weighted by atomic mass is 9.99. The Morgan fingerprint density at radius 2 is 0.464 bits per heavy atom. The van der Waals surface area contributed by atoms with Gasteiger partial charge in [0.25, 0.3) is 0 Å². The average Bonchev–Trinajstić information content (AvgIpc) is 0.899. The number of phosphoric acid groups is 2. The molecule has 3 unspecified atom stereocenters. The van der Waals surface area contributed by atoms with E-state index in [2.05, 4.69) is 48.5 Å². The Hall–Kier alpha value is -1.94. The third-order valence-electron chi connectivity index (χ3n) is 21.7. The van der Waals surface area contributed by atoms with E-state index in [1.165, 1.54) is 295 Å². The van der Waals surface area contributed by atoms with Gasteiger partial charge in [0, 0.05) is 25.7 Å². The predicted molar refractivity (Wildman–Crippen MR) is 455 cm³/mol. The number of esters is 4. The van der Waals surface area contributed by atoms with Crippen LogP contribution in [0.5, 0.6) is 0 Å². The van der Waals surface area contributed by atoms with Gasteiger partial charge in [-0.05, 0) is 43.4 Å². The second-order valence-electron chi connectivity index (χ2n) is 33.9. The summed E-state index contributed by atoms with van der Waals surface area (Å²) in [6.07, 6.45) is 73.6. The van der Waals surface area contributed by atoms with Gasteiger partial charge in [0.2, 0.25) is 0 Å². The van der Waals surface area contributed by atoms with E-state index in [9.17, 15) is 43.2 Å². The molecule has 654 valence electrons. The molecule has 0 bridgehead atoms. The molecule has 0 heterocycles. The Kier molecular flexibility index (Phi) is 79.4. The Morgan fingerprint density at radius 3 is 0.691 bits per heavy atom. The van der Waals surface area contributed by atoms with Crippen LogP contribution in [0.4, 0.5) is 0 Å². The number of carbonyl (C=O) groups is 4. The molecule has 0 spiro atoms. The zero-order chi connectivity index (χ0) is 80.8. The molecule has 3 N–H and O–H groups in total. The molecule has 19 heteroatoms. The molecule has 0 aromatic rings. The van der Waals surface area contributed by atoms with Crippen molar-refractivity contribution < 1.29 is 80.2 Å². The molecule has 0 aliphatic carbocycles. The first kappa shape index (κ1) is 108. The number of unbranched alkanes of at least 4 members (excludes halogenated alkanes) is 56. The van der Waals surface area contributed by atoms with Gasteiger partial charge >= 0.3 is 39.5 Å². The van der Waals surface area contributed by atoms with Gasteiger partial charge in [0.15, 0.2) is 12.2 Å². The van der Waals surface area contributed by atoms with Crippen molar-refractivity contribution in [1.82, 2.24) is 0 Å². The molecular formula is C91H178O17P2. The van der Waals surface area contributed by atoms with E-state index >= 15 is 0 Å². The third kappa shape index (κ3) is 82.6. The Balaban J connectivity index is 5.25. The van der Waals surface area contributed by atoms with Crippen LogP contribution in [0.2, 0.25) is 0 Å². The fourth-order valence-corrected chi connectivity index (χ4v) is 15.8. The van der Waals surface area contributed by atoms with Crippen LogP contribution in [0.3, 0.4) is 0 Å². The normalized spacial score (nSPS) is 14.0. The smallest absolute Gasteiger partial charge is 0.462 e. The summed E-state index contributed by atoms with van der Waals surface area (Å²) in [5, 5.41) is 10.7. The maximum Gasteiger partial charge on any atom is 0.472 e. The zero-order valence-electron chi connectivity index (χ0n) is 72.7. The minimum atomic E-state index is -4.97. The number of hydrogen-bond donors (Lipinski definition) is 3. The molecule has 0 saturated heterocycles. The first-order valence-corrected chi connectivity index (χ1v) is 49.9. The highest BCUT2D eigenvalue weighted by atomic mass is 31.2. The van der Waals surface area contributed by atoms with Gasteiger partial charge in [-0.3, -0.25) is 37.3 Å². The van der Waals surface area contributed by atoms with Crippen LogP contribution in [0.1, 0.15) is 485 Å². The highest BCUT2D eigenvalue weighted by molar-refractivity contribution is 7.47. The van der Waals surface area contributed by atoms with Crippen LogP contribution in [-0.4, -0.2) is 96.7 Å². The highest BCUT2D eigenvalue weighted by Crippen LogP contribution is 2.45. The molecule has 0 aromatic heterocycles. The van der Waals surface area contributed by atoms with E-state index in [1.54, 1.807) is 0 Å². The monoisotopic (exact) mass is 1610 g/mol. The van der Waals surface area contributed by atoms with Crippen molar-refractivity contribution >= 4 is 39.5 Å². The van der Waals surface area contributed by atoms with Gasteiger partial charge in [0.05, 0.1) is 26.4 Å². The first-order valence-electron chi connectivity index (χ1n) is 46.9. The first-order chi connectivity index (χ1) is 53.3. The molecule has 0 aromatic carbocycles.